The van der Waals surface area contributed by atoms with Crippen LogP contribution in [0.3, 0.4) is 0 Å². The maximum atomic E-state index is 14.6. The lowest BCUT2D eigenvalue weighted by Gasteiger charge is -2.30. The van der Waals surface area contributed by atoms with Crippen LogP contribution in [0.4, 0.5) is 5.95 Å². The van der Waals surface area contributed by atoms with Crippen molar-refractivity contribution in [3.63, 3.8) is 0 Å². The van der Waals surface area contributed by atoms with Crippen LogP contribution >= 0.6 is 46.4 Å². The molecule has 2 heterocycles. The highest BCUT2D eigenvalue weighted by atomic mass is 35.5. The first kappa shape index (κ1) is 39.5. The fourth-order valence-electron chi connectivity index (χ4n) is 6.69. The molecule has 5 aromatic carbocycles. The molecule has 14 heteroatoms. The van der Waals surface area contributed by atoms with E-state index >= 15 is 0 Å². The number of rotatable bonds is 11. The Morgan fingerprint density at radius 1 is 0.839 bits per heavy atom. The van der Waals surface area contributed by atoms with Crippen LogP contribution in [0.2, 0.25) is 20.1 Å². The number of nitrogens with one attached hydrogen (secondary N) is 1. The number of aromatic nitrogens is 2. The second-order valence-corrected chi connectivity index (χ2v) is 16.8. The molecule has 2 amide bonds. The molecule has 286 valence electrons. The van der Waals surface area contributed by atoms with E-state index in [0.29, 0.717) is 64.6 Å². The van der Waals surface area contributed by atoms with Crippen molar-refractivity contribution in [2.75, 3.05) is 18.0 Å². The number of carbonyl (C=O) groups excluding carboxylic acids is 2. The first-order valence-corrected chi connectivity index (χ1v) is 20.9. The summed E-state index contributed by atoms with van der Waals surface area (Å²) in [6.45, 7) is 3.91. The number of anilines is 1. The number of hydrogen-bond donors (Lipinski definition) is 1. The van der Waals surface area contributed by atoms with Crippen LogP contribution < -0.4 is 9.62 Å². The van der Waals surface area contributed by atoms with E-state index in [9.17, 15) is 18.0 Å². The van der Waals surface area contributed by atoms with Crippen molar-refractivity contribution in [2.45, 2.75) is 44.2 Å². The molecular weight excluding hydrogens is 812 g/mol. The average molecular weight is 848 g/mol. The number of benzene rings is 5. The number of fused-ring (bicyclic) bond motifs is 2. The van der Waals surface area contributed by atoms with Gasteiger partial charge in [-0.2, -0.15) is 0 Å². The number of halogens is 4. The SMILES string of the molecule is CCCCN(Cc1ccc(Cl)c(Cl)c1)c1ncc(Cl)c(-c2ccc(C(=O)NS(=O)(=O)c3ccc4cccc(Cl)c4c3)cc2C(=O)N2CCc3ccccc3C2)n1. The topological polar surface area (TPSA) is 113 Å². The van der Waals surface area contributed by atoms with Gasteiger partial charge < -0.3 is 9.80 Å². The summed E-state index contributed by atoms with van der Waals surface area (Å²) >= 11 is 25.7. The fraction of sp³-hybridized carbons (Fsp3) is 0.190. The van der Waals surface area contributed by atoms with Crippen LogP contribution in [0.5, 0.6) is 0 Å². The first-order chi connectivity index (χ1) is 26.9. The second-order valence-electron chi connectivity index (χ2n) is 13.5. The van der Waals surface area contributed by atoms with Crippen molar-refractivity contribution in [2.24, 2.45) is 0 Å². The molecule has 0 radical (unpaired) electrons. The van der Waals surface area contributed by atoms with E-state index in [0.717, 1.165) is 34.9 Å². The van der Waals surface area contributed by atoms with E-state index in [-0.39, 0.29) is 32.6 Å². The average Bonchev–Trinajstić information content (AvgIpc) is 3.20. The largest absolute Gasteiger partial charge is 0.336 e. The maximum absolute atomic E-state index is 14.6. The van der Waals surface area contributed by atoms with Gasteiger partial charge in [-0.25, -0.2) is 23.1 Å². The van der Waals surface area contributed by atoms with Gasteiger partial charge in [-0.1, -0.05) is 114 Å². The van der Waals surface area contributed by atoms with Gasteiger partial charge in [0, 0.05) is 53.3 Å². The van der Waals surface area contributed by atoms with Crippen molar-refractivity contribution in [1.29, 1.82) is 0 Å². The van der Waals surface area contributed by atoms with E-state index in [1.165, 1.54) is 30.5 Å². The van der Waals surface area contributed by atoms with Crippen LogP contribution in [0.1, 0.15) is 57.2 Å². The summed E-state index contributed by atoms with van der Waals surface area (Å²) in [7, 11) is -4.34. The zero-order valence-electron chi connectivity index (χ0n) is 30.1. The summed E-state index contributed by atoms with van der Waals surface area (Å²) in [6, 6.07) is 27.4. The minimum absolute atomic E-state index is 0.0495. The minimum atomic E-state index is -4.34. The molecule has 0 spiro atoms. The monoisotopic (exact) mass is 845 g/mol. The Balaban J connectivity index is 1.27. The molecule has 0 aliphatic carbocycles. The lowest BCUT2D eigenvalue weighted by molar-refractivity contribution is 0.0735. The summed E-state index contributed by atoms with van der Waals surface area (Å²) < 4.78 is 29.2. The summed E-state index contributed by atoms with van der Waals surface area (Å²) in [4.78, 5) is 41.3. The van der Waals surface area contributed by atoms with Crippen molar-refractivity contribution in [3.8, 4) is 11.3 Å². The number of nitrogens with zero attached hydrogens (tertiary/aromatic N) is 4. The zero-order valence-corrected chi connectivity index (χ0v) is 33.9. The second kappa shape index (κ2) is 16.8. The third-order valence-corrected chi connectivity index (χ3v) is 12.4. The Bertz CT molecular complexity index is 2610. The number of unbranched alkanes of at least 4 members (excludes halogenated alkanes) is 1. The predicted molar refractivity (Wildman–Crippen MR) is 223 cm³/mol. The summed E-state index contributed by atoms with van der Waals surface area (Å²) in [5.41, 5.74) is 3.78. The number of sulfonamides is 1. The van der Waals surface area contributed by atoms with Crippen molar-refractivity contribution in [3.05, 3.63) is 151 Å². The standard InChI is InChI=1S/C42H35Cl4N5O4S/c1-2-3-18-51(24-26-11-16-36(44)37(45)20-26)42-47-23-38(46)39(48-42)32-15-13-29(21-34(32)41(53)50-19-17-27-7-4-5-8-30(27)25-50)40(52)49-56(54,55)31-14-12-28-9-6-10-35(43)33(28)22-31/h4-16,20-23H,2-3,17-19,24-25H2,1H3,(H,49,52). The quantitative estimate of drug-likeness (QED) is 0.138. The molecule has 0 fully saturated rings. The number of hydrogen-bond acceptors (Lipinski definition) is 7. The van der Waals surface area contributed by atoms with Crippen LogP contribution in [-0.2, 0) is 29.5 Å². The maximum Gasteiger partial charge on any atom is 0.265 e. The third kappa shape index (κ3) is 8.50. The van der Waals surface area contributed by atoms with E-state index in [1.54, 1.807) is 41.3 Å². The Hall–Kier alpha value is -4.71. The normalized spacial score (nSPS) is 12.7. The molecule has 6 aromatic rings. The van der Waals surface area contributed by atoms with Gasteiger partial charge in [0.2, 0.25) is 5.95 Å². The van der Waals surface area contributed by atoms with Crippen molar-refractivity contribution >= 4 is 85.0 Å². The molecule has 0 unspecified atom stereocenters. The molecule has 1 aliphatic heterocycles. The van der Waals surface area contributed by atoms with E-state index < -0.39 is 15.9 Å². The Labute approximate surface area is 345 Å². The first-order valence-electron chi connectivity index (χ1n) is 17.9. The van der Waals surface area contributed by atoms with Crippen LogP contribution in [0.15, 0.2) is 108 Å². The van der Waals surface area contributed by atoms with Crippen molar-refractivity contribution in [1.82, 2.24) is 19.6 Å². The van der Waals surface area contributed by atoms with E-state index in [2.05, 4.69) is 16.6 Å². The molecule has 1 N–H and O–H groups in total. The van der Waals surface area contributed by atoms with Crippen LogP contribution in [0.25, 0.3) is 22.0 Å². The predicted octanol–water partition coefficient (Wildman–Crippen LogP) is 10.0. The Morgan fingerprint density at radius 3 is 2.43 bits per heavy atom. The van der Waals surface area contributed by atoms with Gasteiger partial charge >= 0.3 is 0 Å². The molecule has 7 rings (SSSR count). The highest BCUT2D eigenvalue weighted by Gasteiger charge is 2.28. The molecule has 0 saturated heterocycles. The molecular formula is C42H35Cl4N5O4S. The van der Waals surface area contributed by atoms with Gasteiger partial charge in [-0.3, -0.25) is 9.59 Å². The number of carbonyl (C=O) groups is 2. The Morgan fingerprint density at radius 2 is 1.64 bits per heavy atom. The molecule has 0 atom stereocenters. The van der Waals surface area contributed by atoms with Gasteiger partial charge in [0.15, 0.2) is 0 Å². The van der Waals surface area contributed by atoms with Gasteiger partial charge in [0.25, 0.3) is 21.8 Å². The van der Waals surface area contributed by atoms with E-state index in [1.807, 2.05) is 41.3 Å². The highest BCUT2D eigenvalue weighted by Crippen LogP contribution is 2.34. The zero-order chi connectivity index (χ0) is 39.6. The fourth-order valence-corrected chi connectivity index (χ4v) is 8.44. The number of amides is 2. The van der Waals surface area contributed by atoms with Gasteiger partial charge in [-0.15, -0.1) is 0 Å². The summed E-state index contributed by atoms with van der Waals surface area (Å²) in [5, 5.41) is 2.71. The Kier molecular flexibility index (Phi) is 11.9. The van der Waals surface area contributed by atoms with Gasteiger partial charge in [0.1, 0.15) is 0 Å². The smallest absolute Gasteiger partial charge is 0.265 e. The summed E-state index contributed by atoms with van der Waals surface area (Å²) in [6.07, 6.45) is 3.90. The molecule has 1 aromatic heterocycles. The molecule has 0 saturated carbocycles. The molecule has 1 aliphatic rings. The van der Waals surface area contributed by atoms with Gasteiger partial charge in [-0.05, 0) is 77.4 Å². The van der Waals surface area contributed by atoms with Crippen LogP contribution in [0, 0.1) is 0 Å². The molecule has 9 nitrogen and oxygen atoms in total. The highest BCUT2D eigenvalue weighted by molar-refractivity contribution is 7.90. The van der Waals surface area contributed by atoms with Crippen molar-refractivity contribution < 1.29 is 18.0 Å². The van der Waals surface area contributed by atoms with Crippen LogP contribution in [-0.4, -0.2) is 48.2 Å². The molecule has 0 bridgehead atoms. The third-order valence-electron chi connectivity index (χ3n) is 9.68. The summed E-state index contributed by atoms with van der Waals surface area (Å²) in [5.74, 6) is -0.917. The minimum Gasteiger partial charge on any atom is -0.336 e. The van der Waals surface area contributed by atoms with Gasteiger partial charge in [0.05, 0.1) is 31.9 Å². The lowest BCUT2D eigenvalue weighted by atomic mass is 9.96. The molecule has 56 heavy (non-hydrogen) atoms. The lowest BCUT2D eigenvalue weighted by Crippen LogP contribution is -2.36. The van der Waals surface area contributed by atoms with E-state index in [4.69, 9.17) is 51.4 Å².